The molecule has 0 heterocycles. The number of benzene rings is 3. The third-order valence-electron chi connectivity index (χ3n) is 5.20. The van der Waals surface area contributed by atoms with Gasteiger partial charge in [-0.25, -0.2) is 8.78 Å². The van der Waals surface area contributed by atoms with Crippen molar-refractivity contribution in [3.8, 4) is 5.75 Å². The standard InChI is InChI=1S/C24H27F3O/c1-2-3-4-5-6-7-8-11-14-28-24-20-16-18-13-10-9-12-17(18)15-19(20)21(25)22(26)23(24)27/h9-10,12-13,15-16H,2-8,11,14H2,1H3. The van der Waals surface area contributed by atoms with Crippen LogP contribution >= 0.6 is 0 Å². The van der Waals surface area contributed by atoms with Gasteiger partial charge in [0.05, 0.1) is 6.61 Å². The highest BCUT2D eigenvalue weighted by molar-refractivity contribution is 6.01. The second kappa shape index (κ2) is 9.81. The third-order valence-corrected chi connectivity index (χ3v) is 5.20. The molecule has 0 aliphatic rings. The molecule has 150 valence electrons. The number of hydrogen-bond donors (Lipinski definition) is 0. The van der Waals surface area contributed by atoms with E-state index in [-0.39, 0.29) is 16.5 Å². The summed E-state index contributed by atoms with van der Waals surface area (Å²) < 4.78 is 48.4. The van der Waals surface area contributed by atoms with Gasteiger partial charge in [0.25, 0.3) is 0 Å². The summed E-state index contributed by atoms with van der Waals surface area (Å²) in [4.78, 5) is 0. The summed E-state index contributed by atoms with van der Waals surface area (Å²) in [5, 5.41) is 1.92. The Balaban J connectivity index is 1.71. The molecule has 0 radical (unpaired) electrons. The van der Waals surface area contributed by atoms with Gasteiger partial charge in [-0.1, -0.05) is 76.1 Å². The van der Waals surface area contributed by atoms with Gasteiger partial charge >= 0.3 is 0 Å². The molecule has 0 amide bonds. The second-order valence-electron chi connectivity index (χ2n) is 7.34. The van der Waals surface area contributed by atoms with Crippen molar-refractivity contribution < 1.29 is 17.9 Å². The smallest absolute Gasteiger partial charge is 0.204 e. The molecule has 0 aliphatic carbocycles. The second-order valence-corrected chi connectivity index (χ2v) is 7.34. The van der Waals surface area contributed by atoms with E-state index < -0.39 is 17.5 Å². The average molecular weight is 388 g/mol. The number of rotatable bonds is 10. The Kier molecular flexibility index (Phi) is 7.18. The SMILES string of the molecule is CCCCCCCCCCOc1c(F)c(F)c(F)c2cc3ccccc3cc12. The van der Waals surface area contributed by atoms with Crippen molar-refractivity contribution in [2.24, 2.45) is 0 Å². The van der Waals surface area contributed by atoms with Crippen LogP contribution in [0.2, 0.25) is 0 Å². The van der Waals surface area contributed by atoms with Crippen molar-refractivity contribution in [3.63, 3.8) is 0 Å². The van der Waals surface area contributed by atoms with Crippen molar-refractivity contribution in [2.75, 3.05) is 6.61 Å². The summed E-state index contributed by atoms with van der Waals surface area (Å²) in [5.74, 6) is -4.09. The van der Waals surface area contributed by atoms with Gasteiger partial charge in [-0.15, -0.1) is 0 Å². The molecule has 3 aromatic carbocycles. The minimum atomic E-state index is -1.48. The molecule has 0 saturated heterocycles. The number of hydrogen-bond acceptors (Lipinski definition) is 1. The van der Waals surface area contributed by atoms with Crippen LogP contribution in [0, 0.1) is 17.5 Å². The first-order chi connectivity index (χ1) is 13.6. The highest BCUT2D eigenvalue weighted by atomic mass is 19.2. The van der Waals surface area contributed by atoms with Crippen LogP contribution in [0.4, 0.5) is 13.2 Å². The average Bonchev–Trinajstić information content (AvgIpc) is 2.72. The molecule has 0 aromatic heterocycles. The van der Waals surface area contributed by atoms with Gasteiger partial charge < -0.3 is 4.74 Å². The first kappa shape index (κ1) is 20.5. The predicted octanol–water partition coefficient (Wildman–Crippen LogP) is 7.93. The molecule has 0 saturated carbocycles. The van der Waals surface area contributed by atoms with Crippen LogP contribution in [0.3, 0.4) is 0 Å². The lowest BCUT2D eigenvalue weighted by atomic mass is 10.0. The van der Waals surface area contributed by atoms with E-state index in [0.29, 0.717) is 6.61 Å². The number of unbranched alkanes of at least 4 members (excludes halogenated alkanes) is 7. The number of halogens is 3. The minimum absolute atomic E-state index is 0.0449. The molecule has 0 spiro atoms. The van der Waals surface area contributed by atoms with Gasteiger partial charge in [-0.05, 0) is 29.3 Å². The van der Waals surface area contributed by atoms with Gasteiger partial charge in [0.2, 0.25) is 5.82 Å². The van der Waals surface area contributed by atoms with Crippen LogP contribution in [-0.4, -0.2) is 6.61 Å². The topological polar surface area (TPSA) is 9.23 Å². The van der Waals surface area contributed by atoms with Crippen molar-refractivity contribution in [1.29, 1.82) is 0 Å². The van der Waals surface area contributed by atoms with Crippen molar-refractivity contribution in [1.82, 2.24) is 0 Å². The predicted molar refractivity (Wildman–Crippen MR) is 109 cm³/mol. The van der Waals surface area contributed by atoms with Crippen LogP contribution < -0.4 is 4.74 Å². The fraction of sp³-hybridized carbons (Fsp3) is 0.417. The summed E-state index contributed by atoms with van der Waals surface area (Å²) in [5.41, 5.74) is 0. The van der Waals surface area contributed by atoms with Gasteiger partial charge in [-0.2, -0.15) is 4.39 Å². The highest BCUT2D eigenvalue weighted by Crippen LogP contribution is 2.36. The Bertz CT molecular complexity index is 936. The summed E-state index contributed by atoms with van der Waals surface area (Å²) in [6.45, 7) is 2.49. The number of fused-ring (bicyclic) bond motifs is 2. The zero-order chi connectivity index (χ0) is 19.9. The maximum absolute atomic E-state index is 14.4. The molecule has 0 bridgehead atoms. The minimum Gasteiger partial charge on any atom is -0.490 e. The monoisotopic (exact) mass is 388 g/mol. The third kappa shape index (κ3) is 4.60. The van der Waals surface area contributed by atoms with Crippen molar-refractivity contribution >= 4 is 21.5 Å². The molecule has 0 aliphatic heterocycles. The van der Waals surface area contributed by atoms with Crippen molar-refractivity contribution in [2.45, 2.75) is 58.3 Å². The first-order valence-corrected chi connectivity index (χ1v) is 10.2. The van der Waals surface area contributed by atoms with Crippen LogP contribution in [0.25, 0.3) is 21.5 Å². The quantitative estimate of drug-likeness (QED) is 0.195. The molecular formula is C24H27F3O. The molecular weight excluding hydrogens is 361 g/mol. The van der Waals surface area contributed by atoms with Gasteiger partial charge in [-0.3, -0.25) is 0 Å². The maximum Gasteiger partial charge on any atom is 0.204 e. The molecule has 4 heteroatoms. The van der Waals surface area contributed by atoms with Crippen LogP contribution in [0.5, 0.6) is 5.75 Å². The molecule has 0 N–H and O–H groups in total. The summed E-state index contributed by atoms with van der Waals surface area (Å²) in [6.07, 6.45) is 9.07. The van der Waals surface area contributed by atoms with Crippen LogP contribution in [-0.2, 0) is 0 Å². The van der Waals surface area contributed by atoms with Gasteiger partial charge in [0.1, 0.15) is 0 Å². The first-order valence-electron chi connectivity index (χ1n) is 10.2. The molecule has 3 rings (SSSR count). The van der Waals surface area contributed by atoms with E-state index in [4.69, 9.17) is 4.74 Å². The zero-order valence-corrected chi connectivity index (χ0v) is 16.4. The van der Waals surface area contributed by atoms with E-state index in [1.807, 2.05) is 24.3 Å². The molecule has 28 heavy (non-hydrogen) atoms. The van der Waals surface area contributed by atoms with Crippen LogP contribution in [0.15, 0.2) is 36.4 Å². The lowest BCUT2D eigenvalue weighted by Gasteiger charge is -2.13. The Labute approximate surface area is 164 Å². The van der Waals surface area contributed by atoms with Crippen LogP contribution in [0.1, 0.15) is 58.3 Å². The van der Waals surface area contributed by atoms with Crippen molar-refractivity contribution in [3.05, 3.63) is 53.8 Å². The largest absolute Gasteiger partial charge is 0.490 e. The summed E-state index contributed by atoms with van der Waals surface area (Å²) in [7, 11) is 0. The Hall–Kier alpha value is -2.23. The van der Waals surface area contributed by atoms with Gasteiger partial charge in [0, 0.05) is 10.8 Å². The maximum atomic E-state index is 14.4. The van der Waals surface area contributed by atoms with E-state index in [9.17, 15) is 13.2 Å². The fourth-order valence-corrected chi connectivity index (χ4v) is 3.59. The normalized spacial score (nSPS) is 11.4. The molecule has 0 fully saturated rings. The van der Waals surface area contributed by atoms with E-state index in [1.54, 1.807) is 12.1 Å². The number of ether oxygens (including phenoxy) is 1. The molecule has 0 atom stereocenters. The van der Waals surface area contributed by atoms with E-state index >= 15 is 0 Å². The Morgan fingerprint density at radius 2 is 1.25 bits per heavy atom. The lowest BCUT2D eigenvalue weighted by Crippen LogP contribution is -2.04. The molecule has 3 aromatic rings. The zero-order valence-electron chi connectivity index (χ0n) is 16.4. The summed E-state index contributed by atoms with van der Waals surface area (Å²) >= 11 is 0. The molecule has 0 unspecified atom stereocenters. The van der Waals surface area contributed by atoms with E-state index in [2.05, 4.69) is 6.92 Å². The van der Waals surface area contributed by atoms with E-state index in [0.717, 1.165) is 30.0 Å². The Morgan fingerprint density at radius 1 is 0.679 bits per heavy atom. The van der Waals surface area contributed by atoms with Gasteiger partial charge in [0.15, 0.2) is 17.4 Å². The van der Waals surface area contributed by atoms with E-state index in [1.165, 1.54) is 32.1 Å². The lowest BCUT2D eigenvalue weighted by molar-refractivity contribution is 0.286. The highest BCUT2D eigenvalue weighted by Gasteiger charge is 2.21. The fourth-order valence-electron chi connectivity index (χ4n) is 3.59. The Morgan fingerprint density at radius 3 is 1.89 bits per heavy atom. The molecule has 1 nitrogen and oxygen atoms in total. The summed E-state index contributed by atoms with van der Waals surface area (Å²) in [6, 6.07) is 10.6.